The number of aromatic nitrogens is 4. The van der Waals surface area contributed by atoms with Crippen LogP contribution in [0.1, 0.15) is 25.3 Å². The highest BCUT2D eigenvalue weighted by atomic mass is 16.5. The van der Waals surface area contributed by atoms with Crippen molar-refractivity contribution in [1.82, 2.24) is 19.5 Å². The van der Waals surface area contributed by atoms with Crippen LogP contribution in [-0.2, 0) is 0 Å². The SMILES string of the molecule is Nc1ncnc2c1c(-c1ccc3ccc(Oc4ccccc4)nc3c1)cn2C1CCC1. The molecular weight excluding hydrogens is 386 g/mol. The van der Waals surface area contributed by atoms with Crippen molar-refractivity contribution < 1.29 is 4.74 Å². The summed E-state index contributed by atoms with van der Waals surface area (Å²) in [5, 5.41) is 1.96. The standard InChI is InChI=1S/C25H21N5O/c26-24-23-20(14-30(18-5-4-6-18)25(23)28-15-27-24)17-10-9-16-11-12-22(29-21(16)13-17)31-19-7-2-1-3-8-19/h1-3,7-15,18H,4-6H2,(H2,26,27,28). The zero-order valence-corrected chi connectivity index (χ0v) is 16.9. The Bertz CT molecular complexity index is 1410. The maximum Gasteiger partial charge on any atom is 0.219 e. The topological polar surface area (TPSA) is 78.8 Å². The zero-order chi connectivity index (χ0) is 20.8. The molecule has 152 valence electrons. The fraction of sp³-hybridized carbons (Fsp3) is 0.160. The van der Waals surface area contributed by atoms with Crippen molar-refractivity contribution in [1.29, 1.82) is 0 Å². The van der Waals surface area contributed by atoms with Crippen LogP contribution >= 0.6 is 0 Å². The quantitative estimate of drug-likeness (QED) is 0.411. The van der Waals surface area contributed by atoms with Gasteiger partial charge in [0.25, 0.3) is 0 Å². The van der Waals surface area contributed by atoms with Crippen molar-refractivity contribution in [2.45, 2.75) is 25.3 Å². The number of benzene rings is 2. The summed E-state index contributed by atoms with van der Waals surface area (Å²) in [7, 11) is 0. The summed E-state index contributed by atoms with van der Waals surface area (Å²) in [6.45, 7) is 0. The van der Waals surface area contributed by atoms with Crippen molar-refractivity contribution in [2.24, 2.45) is 0 Å². The molecule has 1 aliphatic carbocycles. The van der Waals surface area contributed by atoms with Crippen LogP contribution in [0.2, 0.25) is 0 Å². The molecule has 6 heteroatoms. The highest BCUT2D eigenvalue weighted by Crippen LogP contribution is 2.40. The van der Waals surface area contributed by atoms with Crippen LogP contribution in [0.4, 0.5) is 5.82 Å². The second-order valence-electron chi connectivity index (χ2n) is 7.96. The van der Waals surface area contributed by atoms with Crippen LogP contribution in [0, 0.1) is 0 Å². The summed E-state index contributed by atoms with van der Waals surface area (Å²) < 4.78 is 8.19. The lowest BCUT2D eigenvalue weighted by Crippen LogP contribution is -2.16. The lowest BCUT2D eigenvalue weighted by atomic mass is 9.93. The molecule has 0 unspecified atom stereocenters. The van der Waals surface area contributed by atoms with Crippen molar-refractivity contribution in [3.8, 4) is 22.8 Å². The second kappa shape index (κ2) is 7.09. The minimum absolute atomic E-state index is 0.481. The monoisotopic (exact) mass is 407 g/mol. The van der Waals surface area contributed by atoms with Crippen LogP contribution in [0.5, 0.6) is 11.6 Å². The third-order valence-electron chi connectivity index (χ3n) is 6.05. The molecule has 2 N–H and O–H groups in total. The maximum absolute atomic E-state index is 6.29. The first-order valence-corrected chi connectivity index (χ1v) is 10.5. The molecule has 0 aliphatic heterocycles. The normalized spacial score (nSPS) is 14.1. The van der Waals surface area contributed by atoms with Gasteiger partial charge in [0.05, 0.1) is 10.9 Å². The van der Waals surface area contributed by atoms with Crippen molar-refractivity contribution in [3.05, 3.63) is 73.2 Å². The summed E-state index contributed by atoms with van der Waals surface area (Å²) >= 11 is 0. The van der Waals surface area contributed by atoms with Gasteiger partial charge in [-0.2, -0.15) is 0 Å². The first-order chi connectivity index (χ1) is 15.3. The van der Waals surface area contributed by atoms with E-state index in [1.807, 2.05) is 42.5 Å². The summed E-state index contributed by atoms with van der Waals surface area (Å²) in [6, 6.07) is 20.4. The third kappa shape index (κ3) is 3.08. The molecule has 31 heavy (non-hydrogen) atoms. The molecule has 6 nitrogen and oxygen atoms in total. The molecule has 0 amide bonds. The Morgan fingerprint density at radius 3 is 2.61 bits per heavy atom. The average molecular weight is 407 g/mol. The van der Waals surface area contributed by atoms with E-state index >= 15 is 0 Å². The molecular formula is C25H21N5O. The van der Waals surface area contributed by atoms with E-state index < -0.39 is 0 Å². The van der Waals surface area contributed by atoms with Gasteiger partial charge in [-0.25, -0.2) is 15.0 Å². The minimum Gasteiger partial charge on any atom is -0.439 e. The van der Waals surface area contributed by atoms with E-state index in [2.05, 4.69) is 38.9 Å². The van der Waals surface area contributed by atoms with Gasteiger partial charge in [0, 0.05) is 29.3 Å². The Hall–Kier alpha value is -3.93. The number of nitrogens with zero attached hydrogens (tertiary/aromatic N) is 4. The van der Waals surface area contributed by atoms with Gasteiger partial charge in [-0.15, -0.1) is 0 Å². The van der Waals surface area contributed by atoms with Gasteiger partial charge in [0.1, 0.15) is 23.5 Å². The zero-order valence-electron chi connectivity index (χ0n) is 16.9. The van der Waals surface area contributed by atoms with E-state index in [0.717, 1.165) is 38.8 Å². The Labute approximate surface area is 179 Å². The lowest BCUT2D eigenvalue weighted by Gasteiger charge is -2.27. The molecule has 1 saturated carbocycles. The van der Waals surface area contributed by atoms with Gasteiger partial charge in [-0.05, 0) is 49.1 Å². The van der Waals surface area contributed by atoms with Crippen molar-refractivity contribution in [3.63, 3.8) is 0 Å². The predicted molar refractivity (Wildman–Crippen MR) is 122 cm³/mol. The molecule has 5 aromatic rings. The number of para-hydroxylation sites is 1. The molecule has 2 aromatic carbocycles. The lowest BCUT2D eigenvalue weighted by molar-refractivity contribution is 0.320. The van der Waals surface area contributed by atoms with Crippen molar-refractivity contribution >= 4 is 27.8 Å². The van der Waals surface area contributed by atoms with E-state index in [4.69, 9.17) is 15.5 Å². The number of pyridine rings is 1. The number of hydrogen-bond acceptors (Lipinski definition) is 5. The van der Waals surface area contributed by atoms with Crippen LogP contribution in [0.15, 0.2) is 73.2 Å². The predicted octanol–water partition coefficient (Wildman–Crippen LogP) is 5.75. The van der Waals surface area contributed by atoms with E-state index in [1.165, 1.54) is 19.3 Å². The van der Waals surface area contributed by atoms with Gasteiger partial charge >= 0.3 is 0 Å². The van der Waals surface area contributed by atoms with Crippen molar-refractivity contribution in [2.75, 3.05) is 5.73 Å². The summed E-state index contributed by atoms with van der Waals surface area (Å²) in [6.07, 6.45) is 7.32. The number of fused-ring (bicyclic) bond motifs is 2. The van der Waals surface area contributed by atoms with Gasteiger partial charge < -0.3 is 15.0 Å². The Morgan fingerprint density at radius 2 is 1.81 bits per heavy atom. The van der Waals surface area contributed by atoms with E-state index in [-0.39, 0.29) is 0 Å². The number of ether oxygens (including phenoxy) is 1. The van der Waals surface area contributed by atoms with E-state index in [0.29, 0.717) is 17.7 Å². The average Bonchev–Trinajstić information content (AvgIpc) is 3.13. The smallest absolute Gasteiger partial charge is 0.219 e. The molecule has 0 saturated heterocycles. The molecule has 0 spiro atoms. The number of rotatable bonds is 4. The molecule has 1 aliphatic rings. The molecule has 0 atom stereocenters. The highest BCUT2D eigenvalue weighted by molar-refractivity contribution is 6.02. The molecule has 0 radical (unpaired) electrons. The van der Waals surface area contributed by atoms with Crippen LogP contribution in [-0.4, -0.2) is 19.5 Å². The number of hydrogen-bond donors (Lipinski definition) is 1. The first kappa shape index (κ1) is 17.9. The van der Waals surface area contributed by atoms with E-state index in [1.54, 1.807) is 6.33 Å². The number of anilines is 1. The molecule has 3 heterocycles. The molecule has 3 aromatic heterocycles. The maximum atomic E-state index is 6.29. The summed E-state index contributed by atoms with van der Waals surface area (Å²) in [4.78, 5) is 13.5. The third-order valence-corrected chi connectivity index (χ3v) is 6.05. The Morgan fingerprint density at radius 1 is 0.968 bits per heavy atom. The summed E-state index contributed by atoms with van der Waals surface area (Å²) in [5.74, 6) is 1.84. The van der Waals surface area contributed by atoms with Crippen LogP contribution in [0.25, 0.3) is 33.1 Å². The highest BCUT2D eigenvalue weighted by Gasteiger charge is 2.24. The van der Waals surface area contributed by atoms with Gasteiger partial charge in [-0.3, -0.25) is 0 Å². The Kier molecular flexibility index (Phi) is 4.09. The van der Waals surface area contributed by atoms with E-state index in [9.17, 15) is 0 Å². The number of nitrogen functional groups attached to an aromatic ring is 1. The fourth-order valence-electron chi connectivity index (χ4n) is 4.20. The van der Waals surface area contributed by atoms with Crippen LogP contribution < -0.4 is 10.5 Å². The van der Waals surface area contributed by atoms with Crippen LogP contribution in [0.3, 0.4) is 0 Å². The largest absolute Gasteiger partial charge is 0.439 e. The molecule has 0 bridgehead atoms. The van der Waals surface area contributed by atoms with Gasteiger partial charge in [0.15, 0.2) is 0 Å². The molecule has 1 fully saturated rings. The fourth-order valence-corrected chi connectivity index (χ4v) is 4.20. The minimum atomic E-state index is 0.481. The molecule has 6 rings (SSSR count). The second-order valence-corrected chi connectivity index (χ2v) is 7.96. The summed E-state index contributed by atoms with van der Waals surface area (Å²) in [5.41, 5.74) is 10.1. The Balaban J connectivity index is 1.46. The van der Waals surface area contributed by atoms with Gasteiger partial charge in [0.2, 0.25) is 5.88 Å². The first-order valence-electron chi connectivity index (χ1n) is 10.5. The number of nitrogens with two attached hydrogens (primary N) is 1. The van der Waals surface area contributed by atoms with Gasteiger partial charge in [-0.1, -0.05) is 30.3 Å².